The van der Waals surface area contributed by atoms with Gasteiger partial charge in [0, 0.05) is 19.3 Å². The van der Waals surface area contributed by atoms with E-state index in [0.29, 0.717) is 0 Å². The maximum atomic E-state index is 12.5. The van der Waals surface area contributed by atoms with Gasteiger partial charge in [-0.3, -0.25) is 14.3 Å². The molecule has 0 aliphatic carbocycles. The van der Waals surface area contributed by atoms with Crippen molar-refractivity contribution in [3.8, 4) is 0 Å². The van der Waals surface area contributed by atoms with Gasteiger partial charge in [-0.1, -0.05) is 13.8 Å². The third-order valence-electron chi connectivity index (χ3n) is 3.61. The van der Waals surface area contributed by atoms with E-state index >= 15 is 0 Å². The molecule has 0 aliphatic rings. The zero-order valence-electron chi connectivity index (χ0n) is 13.7. The molecule has 1 aromatic rings. The van der Waals surface area contributed by atoms with Gasteiger partial charge >= 0.3 is 5.97 Å². The molecule has 0 atom stereocenters. The van der Waals surface area contributed by atoms with Crippen molar-refractivity contribution in [3.05, 3.63) is 17.5 Å². The van der Waals surface area contributed by atoms with Gasteiger partial charge < -0.3 is 14.7 Å². The average molecular weight is 311 g/mol. The van der Waals surface area contributed by atoms with Gasteiger partial charge in [-0.05, 0) is 25.8 Å². The van der Waals surface area contributed by atoms with Crippen LogP contribution in [0.2, 0.25) is 0 Å². The van der Waals surface area contributed by atoms with Crippen LogP contribution in [0, 0.1) is 6.92 Å². The van der Waals surface area contributed by atoms with Crippen molar-refractivity contribution in [2.45, 2.75) is 39.7 Å². The lowest BCUT2D eigenvalue weighted by Gasteiger charge is -2.19. The topological polar surface area (TPSA) is 84.7 Å². The summed E-state index contributed by atoms with van der Waals surface area (Å²) in [6.45, 7) is 6.19. The van der Waals surface area contributed by atoms with Crippen molar-refractivity contribution in [1.29, 1.82) is 0 Å². The van der Waals surface area contributed by atoms with Crippen LogP contribution in [-0.2, 0) is 9.53 Å². The molecule has 0 saturated carbocycles. The summed E-state index contributed by atoms with van der Waals surface area (Å²) in [4.78, 5) is 24.6. The number of hydrogen-bond donors (Lipinski definition) is 1. The van der Waals surface area contributed by atoms with Crippen molar-refractivity contribution < 1.29 is 19.4 Å². The number of aromatic nitrogens is 2. The van der Waals surface area contributed by atoms with Gasteiger partial charge in [0.25, 0.3) is 5.91 Å². The molecule has 124 valence electrons. The highest BCUT2D eigenvalue weighted by atomic mass is 16.5. The number of carbonyl (C=O) groups is 2. The van der Waals surface area contributed by atoms with E-state index in [4.69, 9.17) is 9.84 Å². The van der Waals surface area contributed by atoms with Gasteiger partial charge in [-0.15, -0.1) is 0 Å². The Bertz CT molecular complexity index is 509. The molecule has 1 rings (SSSR count). The zero-order chi connectivity index (χ0) is 16.7. The predicted molar refractivity (Wildman–Crippen MR) is 82.0 cm³/mol. The minimum Gasteiger partial charge on any atom is -0.480 e. The number of rotatable bonds is 9. The lowest BCUT2D eigenvalue weighted by atomic mass is 10.2. The molecule has 1 aromatic heterocycles. The number of methoxy groups -OCH3 is 1. The number of aryl methyl sites for hydroxylation is 1. The second-order valence-corrected chi connectivity index (χ2v) is 5.20. The average Bonchev–Trinajstić information content (AvgIpc) is 2.86. The maximum Gasteiger partial charge on any atom is 0.323 e. The van der Waals surface area contributed by atoms with E-state index in [1.165, 1.54) is 12.0 Å². The number of carbonyl (C=O) groups excluding carboxylic acids is 1. The highest BCUT2D eigenvalue weighted by molar-refractivity contribution is 5.94. The summed E-state index contributed by atoms with van der Waals surface area (Å²) in [5.41, 5.74) is 1.18. The van der Waals surface area contributed by atoms with Crippen molar-refractivity contribution in [1.82, 2.24) is 14.7 Å². The van der Waals surface area contributed by atoms with Crippen LogP contribution in [0.1, 0.15) is 48.9 Å². The van der Waals surface area contributed by atoms with Crippen molar-refractivity contribution in [2.24, 2.45) is 0 Å². The Labute approximate surface area is 130 Å². The van der Waals surface area contributed by atoms with Crippen LogP contribution in [-0.4, -0.2) is 58.5 Å². The summed E-state index contributed by atoms with van der Waals surface area (Å²) in [5.74, 6) is -1.44. The molecule has 0 radical (unpaired) electrons. The molecule has 1 N–H and O–H groups in total. The standard InChI is InChI=1S/C15H25N3O4/c1-5-12(6-2)18-11(3)9-13(16-18)15(21)17(7-8-22-4)10-14(19)20/h9,12H,5-8,10H2,1-4H3,(H,19,20). The van der Waals surface area contributed by atoms with Crippen molar-refractivity contribution in [2.75, 3.05) is 26.8 Å². The van der Waals surface area contributed by atoms with E-state index in [9.17, 15) is 9.59 Å². The normalized spacial score (nSPS) is 11.0. The molecule has 0 unspecified atom stereocenters. The van der Waals surface area contributed by atoms with Gasteiger partial charge in [0.05, 0.1) is 12.6 Å². The van der Waals surface area contributed by atoms with Crippen LogP contribution < -0.4 is 0 Å². The SMILES string of the molecule is CCC(CC)n1nc(C(=O)N(CCOC)CC(=O)O)cc1C. The van der Waals surface area contributed by atoms with Gasteiger partial charge in [0.15, 0.2) is 5.69 Å². The number of ether oxygens (including phenoxy) is 1. The van der Waals surface area contributed by atoms with Crippen LogP contribution in [0.15, 0.2) is 6.07 Å². The summed E-state index contributed by atoms with van der Waals surface area (Å²) in [6.07, 6.45) is 1.85. The van der Waals surface area contributed by atoms with Crippen LogP contribution in [0.25, 0.3) is 0 Å². The van der Waals surface area contributed by atoms with Crippen LogP contribution in [0.4, 0.5) is 0 Å². The first kappa shape index (κ1) is 18.2. The Balaban J connectivity index is 2.98. The lowest BCUT2D eigenvalue weighted by molar-refractivity contribution is -0.137. The highest BCUT2D eigenvalue weighted by Gasteiger charge is 2.22. The minimum atomic E-state index is -1.05. The quantitative estimate of drug-likeness (QED) is 0.750. The second kappa shape index (κ2) is 8.53. The number of carboxylic acid groups (broad SMARTS) is 1. The maximum absolute atomic E-state index is 12.5. The monoisotopic (exact) mass is 311 g/mol. The molecular weight excluding hydrogens is 286 g/mol. The first-order chi connectivity index (χ1) is 10.4. The van der Waals surface area contributed by atoms with Gasteiger partial charge in [0.2, 0.25) is 0 Å². The zero-order valence-corrected chi connectivity index (χ0v) is 13.7. The van der Waals surface area contributed by atoms with E-state index in [1.54, 1.807) is 6.07 Å². The molecule has 0 bridgehead atoms. The first-order valence-corrected chi connectivity index (χ1v) is 7.50. The number of carboxylic acids is 1. The van der Waals surface area contributed by atoms with Gasteiger partial charge in [-0.25, -0.2) is 0 Å². The Morgan fingerprint density at radius 1 is 1.41 bits per heavy atom. The van der Waals surface area contributed by atoms with Crippen molar-refractivity contribution in [3.63, 3.8) is 0 Å². The van der Waals surface area contributed by atoms with Crippen LogP contribution in [0.3, 0.4) is 0 Å². The number of amides is 1. The molecule has 0 saturated heterocycles. The summed E-state index contributed by atoms with van der Waals surface area (Å²) in [7, 11) is 1.51. The van der Waals surface area contributed by atoms with E-state index < -0.39 is 5.97 Å². The van der Waals surface area contributed by atoms with Crippen LogP contribution in [0.5, 0.6) is 0 Å². The van der Waals surface area contributed by atoms with Gasteiger partial charge in [0.1, 0.15) is 6.54 Å². The minimum absolute atomic E-state index is 0.221. The van der Waals surface area contributed by atoms with E-state index in [0.717, 1.165) is 18.5 Å². The third-order valence-corrected chi connectivity index (χ3v) is 3.61. The number of aliphatic carboxylic acids is 1. The molecular formula is C15H25N3O4. The Hall–Kier alpha value is -1.89. The van der Waals surface area contributed by atoms with Crippen LogP contribution >= 0.6 is 0 Å². The van der Waals surface area contributed by atoms with Crippen molar-refractivity contribution >= 4 is 11.9 Å². The molecule has 1 amide bonds. The molecule has 0 fully saturated rings. The van der Waals surface area contributed by atoms with E-state index in [2.05, 4.69) is 18.9 Å². The third kappa shape index (κ3) is 4.56. The summed E-state index contributed by atoms with van der Waals surface area (Å²) in [6, 6.07) is 1.95. The van der Waals surface area contributed by atoms with E-state index in [-0.39, 0.29) is 37.3 Å². The molecule has 22 heavy (non-hydrogen) atoms. The van der Waals surface area contributed by atoms with Gasteiger partial charge in [-0.2, -0.15) is 5.10 Å². The number of hydrogen-bond acceptors (Lipinski definition) is 4. The highest BCUT2D eigenvalue weighted by Crippen LogP contribution is 2.18. The lowest BCUT2D eigenvalue weighted by Crippen LogP contribution is -2.38. The van der Waals surface area contributed by atoms with E-state index in [1.807, 2.05) is 11.6 Å². The largest absolute Gasteiger partial charge is 0.480 e. The molecule has 0 aromatic carbocycles. The predicted octanol–water partition coefficient (Wildman–Crippen LogP) is 1.73. The first-order valence-electron chi connectivity index (χ1n) is 7.50. The Kier molecular flexibility index (Phi) is 7.04. The summed E-state index contributed by atoms with van der Waals surface area (Å²) < 4.78 is 6.78. The summed E-state index contributed by atoms with van der Waals surface area (Å²) in [5, 5.41) is 13.3. The molecule has 1 heterocycles. The molecule has 7 nitrogen and oxygen atoms in total. The fourth-order valence-corrected chi connectivity index (χ4v) is 2.38. The second-order valence-electron chi connectivity index (χ2n) is 5.20. The fraction of sp³-hybridized carbons (Fsp3) is 0.667. The number of nitrogens with zero attached hydrogens (tertiary/aromatic N) is 3. The Morgan fingerprint density at radius 3 is 2.55 bits per heavy atom. The molecule has 7 heteroatoms. The smallest absolute Gasteiger partial charge is 0.323 e. The summed E-state index contributed by atoms with van der Waals surface area (Å²) >= 11 is 0. The fourth-order valence-electron chi connectivity index (χ4n) is 2.38. The molecule has 0 aliphatic heterocycles. The molecule has 0 spiro atoms. The Morgan fingerprint density at radius 2 is 2.05 bits per heavy atom.